The van der Waals surface area contributed by atoms with Crippen molar-refractivity contribution in [3.05, 3.63) is 30.3 Å². The Morgan fingerprint density at radius 3 is 2.40 bits per heavy atom. The number of nitrogens with two attached hydrogens (primary N) is 1. The van der Waals surface area contributed by atoms with Gasteiger partial charge in [-0.25, -0.2) is 4.98 Å². The topological polar surface area (TPSA) is 42.2 Å². The molecule has 0 radical (unpaired) electrons. The van der Waals surface area contributed by atoms with Gasteiger partial charge < -0.3 is 10.6 Å². The first-order chi connectivity index (χ1) is 7.18. The van der Waals surface area contributed by atoms with Crippen molar-refractivity contribution >= 4 is 22.3 Å². The number of aromatic nitrogens is 1. The molecule has 2 N–H and O–H groups in total. The number of nitrogen functional groups attached to an aromatic ring is 1. The molecule has 0 aliphatic rings. The van der Waals surface area contributed by atoms with Crippen LogP contribution in [0.2, 0.25) is 0 Å². The van der Waals surface area contributed by atoms with Crippen LogP contribution in [0, 0.1) is 0 Å². The van der Waals surface area contributed by atoms with Crippen LogP contribution in [0.15, 0.2) is 30.3 Å². The average molecular weight is 219 g/mol. The van der Waals surface area contributed by atoms with Gasteiger partial charge in [0.05, 0.1) is 4.88 Å². The number of hydrogen-bond donors (Lipinski definition) is 1. The molecule has 0 saturated carbocycles. The van der Waals surface area contributed by atoms with Gasteiger partial charge in [-0.05, 0) is 5.56 Å². The predicted octanol–water partition coefficient (Wildman–Crippen LogP) is 2.46. The average Bonchev–Trinajstić information content (AvgIpc) is 2.62. The molecule has 0 bridgehead atoms. The van der Waals surface area contributed by atoms with Gasteiger partial charge in [0, 0.05) is 14.1 Å². The molecule has 1 aromatic carbocycles. The summed E-state index contributed by atoms with van der Waals surface area (Å²) in [6.45, 7) is 0. The molecule has 0 amide bonds. The van der Waals surface area contributed by atoms with E-state index in [-0.39, 0.29) is 0 Å². The van der Waals surface area contributed by atoms with E-state index in [0.717, 1.165) is 15.6 Å². The molecule has 1 aromatic heterocycles. The second kappa shape index (κ2) is 3.90. The van der Waals surface area contributed by atoms with Crippen molar-refractivity contribution in [2.45, 2.75) is 0 Å². The van der Waals surface area contributed by atoms with Crippen LogP contribution in [-0.4, -0.2) is 19.1 Å². The van der Waals surface area contributed by atoms with Gasteiger partial charge in [-0.2, -0.15) is 0 Å². The first kappa shape index (κ1) is 9.98. The summed E-state index contributed by atoms with van der Waals surface area (Å²) >= 11 is 1.61. The summed E-state index contributed by atoms with van der Waals surface area (Å²) in [5, 5.41) is 0.936. The molecule has 0 aliphatic heterocycles. The Hall–Kier alpha value is -1.55. The third-order valence-corrected chi connectivity index (χ3v) is 3.35. The van der Waals surface area contributed by atoms with Crippen molar-refractivity contribution in [2.75, 3.05) is 24.7 Å². The summed E-state index contributed by atoms with van der Waals surface area (Å²) in [6.07, 6.45) is 0. The third-order valence-electron chi connectivity index (χ3n) is 2.06. The largest absolute Gasteiger partial charge is 0.382 e. The van der Waals surface area contributed by atoms with Crippen molar-refractivity contribution in [3.63, 3.8) is 0 Å². The Morgan fingerprint density at radius 2 is 1.87 bits per heavy atom. The zero-order valence-electron chi connectivity index (χ0n) is 8.77. The minimum Gasteiger partial charge on any atom is -0.382 e. The lowest BCUT2D eigenvalue weighted by molar-refractivity contribution is 1.11. The Morgan fingerprint density at radius 1 is 1.20 bits per heavy atom. The minimum absolute atomic E-state index is 0.606. The zero-order valence-corrected chi connectivity index (χ0v) is 9.58. The number of nitrogens with zero attached hydrogens (tertiary/aromatic N) is 2. The van der Waals surface area contributed by atoms with E-state index in [4.69, 9.17) is 5.73 Å². The normalized spacial score (nSPS) is 10.3. The molecular weight excluding hydrogens is 206 g/mol. The quantitative estimate of drug-likeness (QED) is 0.843. The van der Waals surface area contributed by atoms with Gasteiger partial charge >= 0.3 is 0 Å². The summed E-state index contributed by atoms with van der Waals surface area (Å²) in [4.78, 5) is 7.32. The lowest BCUT2D eigenvalue weighted by Crippen LogP contribution is -2.07. The van der Waals surface area contributed by atoms with Gasteiger partial charge in [0.25, 0.3) is 0 Å². The number of benzene rings is 1. The van der Waals surface area contributed by atoms with Crippen molar-refractivity contribution in [3.8, 4) is 10.4 Å². The monoisotopic (exact) mass is 219 g/mol. The lowest BCUT2D eigenvalue weighted by atomic mass is 10.2. The van der Waals surface area contributed by atoms with E-state index >= 15 is 0 Å². The summed E-state index contributed by atoms with van der Waals surface area (Å²) in [6, 6.07) is 10.1. The first-order valence-corrected chi connectivity index (χ1v) is 5.49. The van der Waals surface area contributed by atoms with E-state index in [1.807, 2.05) is 49.3 Å². The van der Waals surface area contributed by atoms with Crippen molar-refractivity contribution in [1.29, 1.82) is 0 Å². The Balaban J connectivity index is 2.45. The molecular formula is C11H13N3S. The molecule has 0 aliphatic carbocycles. The first-order valence-electron chi connectivity index (χ1n) is 4.67. The lowest BCUT2D eigenvalue weighted by Gasteiger charge is -2.04. The molecule has 0 atom stereocenters. The van der Waals surface area contributed by atoms with E-state index in [1.54, 1.807) is 11.3 Å². The molecule has 2 aromatic rings. The van der Waals surface area contributed by atoms with Gasteiger partial charge in [0.2, 0.25) is 0 Å². The van der Waals surface area contributed by atoms with Gasteiger partial charge in [0.15, 0.2) is 5.13 Å². The number of thiazole rings is 1. The molecule has 3 nitrogen and oxygen atoms in total. The third kappa shape index (κ3) is 1.94. The number of rotatable bonds is 2. The number of hydrogen-bond acceptors (Lipinski definition) is 4. The number of anilines is 2. The maximum absolute atomic E-state index is 5.88. The van der Waals surface area contributed by atoms with Crippen LogP contribution in [0.4, 0.5) is 10.9 Å². The molecule has 15 heavy (non-hydrogen) atoms. The molecule has 1 heterocycles. The van der Waals surface area contributed by atoms with Crippen LogP contribution in [-0.2, 0) is 0 Å². The fourth-order valence-corrected chi connectivity index (χ4v) is 2.22. The fraction of sp³-hybridized carbons (Fsp3) is 0.182. The van der Waals surface area contributed by atoms with E-state index in [9.17, 15) is 0 Å². The zero-order chi connectivity index (χ0) is 10.8. The minimum atomic E-state index is 0.606. The second-order valence-corrected chi connectivity index (χ2v) is 4.45. The van der Waals surface area contributed by atoms with E-state index in [0.29, 0.717) is 5.82 Å². The van der Waals surface area contributed by atoms with Crippen LogP contribution in [0.3, 0.4) is 0 Å². The molecule has 2 rings (SSSR count). The van der Waals surface area contributed by atoms with Gasteiger partial charge in [-0.3, -0.25) is 0 Å². The second-order valence-electron chi connectivity index (χ2n) is 3.47. The van der Waals surface area contributed by atoms with Crippen LogP contribution < -0.4 is 10.6 Å². The van der Waals surface area contributed by atoms with Crippen LogP contribution in [0.1, 0.15) is 0 Å². The van der Waals surface area contributed by atoms with Crippen LogP contribution in [0.25, 0.3) is 10.4 Å². The SMILES string of the molecule is CN(C)c1nc(N)c(-c2ccccc2)s1. The smallest absolute Gasteiger partial charge is 0.187 e. The van der Waals surface area contributed by atoms with Crippen LogP contribution in [0.5, 0.6) is 0 Å². The predicted molar refractivity (Wildman–Crippen MR) is 66.3 cm³/mol. The summed E-state index contributed by atoms with van der Waals surface area (Å²) in [5.74, 6) is 0.606. The molecule has 0 fully saturated rings. The summed E-state index contributed by atoms with van der Waals surface area (Å²) in [7, 11) is 3.93. The molecule has 78 valence electrons. The standard InChI is InChI=1S/C11H13N3S/c1-14(2)11-13-10(12)9(15-11)8-6-4-3-5-7-8/h3-7H,12H2,1-2H3. The molecule has 0 spiro atoms. The van der Waals surface area contributed by atoms with Gasteiger partial charge in [0.1, 0.15) is 5.82 Å². The summed E-state index contributed by atoms with van der Waals surface area (Å²) < 4.78 is 0. The van der Waals surface area contributed by atoms with Crippen LogP contribution >= 0.6 is 11.3 Å². The molecule has 0 unspecified atom stereocenters. The molecule has 4 heteroatoms. The highest BCUT2D eigenvalue weighted by Crippen LogP contribution is 2.35. The maximum atomic E-state index is 5.88. The van der Waals surface area contributed by atoms with Crippen molar-refractivity contribution in [1.82, 2.24) is 4.98 Å². The highest BCUT2D eigenvalue weighted by molar-refractivity contribution is 7.19. The Bertz CT molecular complexity index is 448. The van der Waals surface area contributed by atoms with Crippen molar-refractivity contribution < 1.29 is 0 Å². The maximum Gasteiger partial charge on any atom is 0.187 e. The highest BCUT2D eigenvalue weighted by Gasteiger charge is 2.10. The fourth-order valence-electron chi connectivity index (χ4n) is 1.31. The van der Waals surface area contributed by atoms with Crippen molar-refractivity contribution in [2.24, 2.45) is 0 Å². The Kier molecular flexibility index (Phi) is 2.60. The highest BCUT2D eigenvalue weighted by atomic mass is 32.1. The summed E-state index contributed by atoms with van der Waals surface area (Å²) in [5.41, 5.74) is 7.01. The van der Waals surface area contributed by atoms with Gasteiger partial charge in [-0.1, -0.05) is 41.7 Å². The molecule has 0 saturated heterocycles. The van der Waals surface area contributed by atoms with Gasteiger partial charge in [-0.15, -0.1) is 0 Å². The van der Waals surface area contributed by atoms with E-state index < -0.39 is 0 Å². The van der Waals surface area contributed by atoms with E-state index in [2.05, 4.69) is 4.98 Å². The Labute approximate surface area is 93.2 Å². The van der Waals surface area contributed by atoms with E-state index in [1.165, 1.54) is 0 Å².